The molecule has 14 nitrogen and oxygen atoms in total. The number of hydrogen-bond donors (Lipinski definition) is 6. The topological polar surface area (TPSA) is 248 Å². The predicted octanol–water partition coefficient (Wildman–Crippen LogP) is 2.72. The van der Waals surface area contributed by atoms with E-state index in [9.17, 15) is 35.9 Å². The molecular weight excluding hydrogens is 654 g/mol. The highest BCUT2D eigenvalue weighted by Crippen LogP contribution is 2.51. The molecule has 44 heavy (non-hydrogen) atoms. The zero-order valence-corrected chi connectivity index (χ0v) is 25.5. The van der Waals surface area contributed by atoms with Gasteiger partial charge in [0.15, 0.2) is 11.5 Å². The van der Waals surface area contributed by atoms with E-state index in [0.29, 0.717) is 66.3 Å². The number of rotatable bonds is 13. The maximum Gasteiger partial charge on any atom is 0.490 e. The molecule has 8 N–H and O–H groups in total. The van der Waals surface area contributed by atoms with Gasteiger partial charge in [-0.2, -0.15) is 23.2 Å². The number of carboxylic acid groups (broad SMARTS) is 1. The Bertz CT molecular complexity index is 1640. The quantitative estimate of drug-likeness (QED) is 0.112. The molecule has 0 aliphatic carbocycles. The Morgan fingerprint density at radius 3 is 2.14 bits per heavy atom. The number of ether oxygens (including phenoxy) is 2. The summed E-state index contributed by atoms with van der Waals surface area (Å²) in [6.07, 6.45) is -2.81. The van der Waals surface area contributed by atoms with Crippen molar-refractivity contribution in [1.82, 2.24) is 9.71 Å². The normalized spacial score (nSPS) is 12.6. The summed E-state index contributed by atoms with van der Waals surface area (Å²) in [6.45, 7) is 3.16. The van der Waals surface area contributed by atoms with E-state index in [0.717, 1.165) is 17.5 Å². The summed E-state index contributed by atoms with van der Waals surface area (Å²) in [5.74, 6) is -3.81. The number of benzene rings is 1. The molecule has 3 aromatic rings. The molecule has 2 heterocycles. The van der Waals surface area contributed by atoms with Crippen LogP contribution in [-0.2, 0) is 19.4 Å². The summed E-state index contributed by atoms with van der Waals surface area (Å²) in [5, 5.41) is 16.6. The second-order valence-corrected chi connectivity index (χ2v) is 13.5. The number of nitriles is 1. The van der Waals surface area contributed by atoms with Crippen molar-refractivity contribution in [2.75, 3.05) is 26.3 Å². The molecule has 0 amide bonds. The van der Waals surface area contributed by atoms with Crippen molar-refractivity contribution in [3.05, 3.63) is 47.3 Å². The van der Waals surface area contributed by atoms with Crippen LogP contribution >= 0.6 is 18.9 Å². The number of aryl methyl sites for hydroxylation is 1. The first kappa shape index (κ1) is 36.8. The van der Waals surface area contributed by atoms with Gasteiger partial charge in [0.25, 0.3) is 10.0 Å². The number of aliphatic carboxylic acids is 1. The van der Waals surface area contributed by atoms with Crippen LogP contribution in [0, 0.1) is 18.3 Å². The third kappa shape index (κ3) is 10.1. The fourth-order valence-corrected chi connectivity index (χ4v) is 7.74. The van der Waals surface area contributed by atoms with Crippen LogP contribution in [0.3, 0.4) is 0 Å². The van der Waals surface area contributed by atoms with Gasteiger partial charge in [-0.25, -0.2) is 18.2 Å². The number of thiophene rings is 1. The second-order valence-electron chi connectivity index (χ2n) is 8.80. The monoisotopic (exact) mass is 683 g/mol. The van der Waals surface area contributed by atoms with E-state index in [4.69, 9.17) is 36.1 Å². The lowest BCUT2D eigenvalue weighted by atomic mass is 10.2. The Labute approximate surface area is 253 Å². The molecule has 0 aliphatic heterocycles. The number of nitrogens with two attached hydrogens (primary N) is 2. The van der Waals surface area contributed by atoms with Crippen LogP contribution in [0.25, 0.3) is 10.1 Å². The number of carboxylic acids is 1. The van der Waals surface area contributed by atoms with E-state index in [1.54, 1.807) is 25.1 Å². The van der Waals surface area contributed by atoms with Gasteiger partial charge in [-0.15, -0.1) is 11.3 Å². The molecular formula is C24H29F3N5O9PS2. The van der Waals surface area contributed by atoms with Gasteiger partial charge in [-0.3, -0.25) is 4.57 Å². The van der Waals surface area contributed by atoms with Crippen LogP contribution in [0.1, 0.15) is 35.4 Å². The number of aromatic nitrogens is 1. The fourth-order valence-electron chi connectivity index (χ4n) is 3.38. The van der Waals surface area contributed by atoms with Gasteiger partial charge in [0.1, 0.15) is 21.8 Å². The minimum absolute atomic E-state index is 0.0189. The third-order valence-electron chi connectivity index (χ3n) is 5.48. The van der Waals surface area contributed by atoms with Crippen molar-refractivity contribution >= 4 is 45.0 Å². The summed E-state index contributed by atoms with van der Waals surface area (Å²) in [4.78, 5) is 32.5. The number of nitrogens with zero attached hydrogens (tertiary/aromatic N) is 2. The van der Waals surface area contributed by atoms with Crippen molar-refractivity contribution in [2.24, 2.45) is 11.5 Å². The molecule has 0 saturated carbocycles. The van der Waals surface area contributed by atoms with Crippen molar-refractivity contribution in [3.8, 4) is 17.6 Å². The lowest BCUT2D eigenvalue weighted by Crippen LogP contribution is -2.28. The number of carbonyl (C=O) groups is 1. The molecule has 3 rings (SSSR count). The molecule has 0 aliphatic rings. The van der Waals surface area contributed by atoms with Gasteiger partial charge in [0, 0.05) is 27.9 Å². The van der Waals surface area contributed by atoms with Crippen LogP contribution in [0.2, 0.25) is 0 Å². The Morgan fingerprint density at radius 2 is 1.70 bits per heavy atom. The summed E-state index contributed by atoms with van der Waals surface area (Å²) in [7, 11) is -9.40. The van der Waals surface area contributed by atoms with E-state index in [-0.39, 0.29) is 15.5 Å². The number of alkyl halides is 3. The predicted molar refractivity (Wildman–Crippen MR) is 153 cm³/mol. The van der Waals surface area contributed by atoms with Crippen LogP contribution in [0.5, 0.6) is 11.5 Å². The smallest absolute Gasteiger partial charge is 0.490 e. The lowest BCUT2D eigenvalue weighted by Gasteiger charge is -2.20. The fraction of sp³-hybridized carbons (Fsp3) is 0.375. The molecule has 1 aromatic carbocycles. The van der Waals surface area contributed by atoms with Gasteiger partial charge in [-0.1, -0.05) is 6.07 Å². The maximum atomic E-state index is 13.4. The summed E-state index contributed by atoms with van der Waals surface area (Å²) < 4.78 is 84.9. The molecule has 2 aromatic heterocycles. The van der Waals surface area contributed by atoms with Crippen molar-refractivity contribution in [1.29, 1.82) is 5.26 Å². The highest BCUT2D eigenvalue weighted by Gasteiger charge is 2.38. The van der Waals surface area contributed by atoms with E-state index in [1.807, 2.05) is 0 Å². The average molecular weight is 684 g/mol. The van der Waals surface area contributed by atoms with Crippen LogP contribution in [0.4, 0.5) is 13.2 Å². The zero-order chi connectivity index (χ0) is 33.3. The largest absolute Gasteiger partial charge is 0.490 e. The number of halogens is 3. The molecule has 242 valence electrons. The Morgan fingerprint density at radius 1 is 1.16 bits per heavy atom. The molecule has 0 spiro atoms. The first-order valence-electron chi connectivity index (χ1n) is 12.4. The van der Waals surface area contributed by atoms with Crippen molar-refractivity contribution in [3.63, 3.8) is 0 Å². The lowest BCUT2D eigenvalue weighted by molar-refractivity contribution is -0.192. The number of nitrogens with one attached hydrogen (secondary N) is 1. The van der Waals surface area contributed by atoms with Gasteiger partial charge >= 0.3 is 19.7 Å². The van der Waals surface area contributed by atoms with Crippen LogP contribution in [-0.4, -0.2) is 66.7 Å². The van der Waals surface area contributed by atoms with E-state index < -0.39 is 35.5 Å². The SMILES string of the molecule is Cc1c(S(=O)(=O)NC(c2ccc(C#N)nc2)P(=O)(O)O)sc2cc(OCCCN)c(OCCCN)cc12.O=C(O)C(F)(F)F. The second kappa shape index (κ2) is 15.6. The Hall–Kier alpha value is -3.34. The summed E-state index contributed by atoms with van der Waals surface area (Å²) in [5.41, 5.74) is 11.4. The standard InChI is InChI=1S/C22H28N5O7PS2.C2HF3O2/c1-14-17-10-18(33-8-2-6-23)19(34-9-3-7-24)11-20(17)36-22(14)37(31,32)27-21(35(28,29)30)15-4-5-16(12-25)26-13-15;3-2(4,5)1(6)7/h4-5,10-11,13,21,27H,2-3,6-9,23-24H2,1H3,(H2,28,29,30);(H,6,7). The van der Waals surface area contributed by atoms with Crippen LogP contribution < -0.4 is 25.7 Å². The molecule has 0 fully saturated rings. The molecule has 1 unspecified atom stereocenters. The highest BCUT2D eigenvalue weighted by molar-refractivity contribution is 7.92. The molecule has 0 bridgehead atoms. The Balaban J connectivity index is 0.000000860. The third-order valence-corrected chi connectivity index (χ3v) is 10.0. The van der Waals surface area contributed by atoms with Gasteiger partial charge in [-0.05, 0) is 50.6 Å². The van der Waals surface area contributed by atoms with E-state index >= 15 is 0 Å². The van der Waals surface area contributed by atoms with Crippen LogP contribution in [0.15, 0.2) is 34.7 Å². The minimum Gasteiger partial charge on any atom is -0.490 e. The van der Waals surface area contributed by atoms with Crippen molar-refractivity contribution < 1.29 is 55.3 Å². The van der Waals surface area contributed by atoms with E-state index in [2.05, 4.69) is 9.71 Å². The molecule has 20 heteroatoms. The highest BCUT2D eigenvalue weighted by atomic mass is 32.2. The van der Waals surface area contributed by atoms with Gasteiger partial charge in [0.05, 0.1) is 13.2 Å². The maximum absolute atomic E-state index is 13.4. The average Bonchev–Trinajstić information content (AvgIpc) is 3.27. The van der Waals surface area contributed by atoms with Gasteiger partial charge < -0.3 is 35.8 Å². The number of hydrogen-bond acceptors (Lipinski definition) is 11. The molecule has 1 atom stereocenters. The molecule has 0 saturated heterocycles. The number of fused-ring (bicyclic) bond motifs is 1. The minimum atomic E-state index is -5.08. The number of sulfonamides is 1. The Kier molecular flexibility index (Phi) is 13.1. The van der Waals surface area contributed by atoms with Gasteiger partial charge in [0.2, 0.25) is 0 Å². The first-order chi connectivity index (χ1) is 20.5. The summed E-state index contributed by atoms with van der Waals surface area (Å²) in [6, 6.07) is 7.63. The van der Waals surface area contributed by atoms with E-state index in [1.165, 1.54) is 12.1 Å². The number of pyridine rings is 1. The first-order valence-corrected chi connectivity index (χ1v) is 16.4. The molecule has 0 radical (unpaired) electrons. The van der Waals surface area contributed by atoms with Crippen molar-refractivity contribution in [2.45, 2.75) is 35.9 Å². The summed E-state index contributed by atoms with van der Waals surface area (Å²) >= 11 is 0.933. The zero-order valence-electron chi connectivity index (χ0n) is 22.9.